The van der Waals surface area contributed by atoms with Crippen LogP contribution in [0.15, 0.2) is 47.1 Å². The maximum atomic E-state index is 12.5. The number of hydrogen-bond acceptors (Lipinski definition) is 6. The molecule has 0 fully saturated rings. The molecule has 1 atom stereocenters. The zero-order chi connectivity index (χ0) is 18.5. The number of nitrogens with zero attached hydrogens (tertiary/aromatic N) is 3. The first-order valence-corrected chi connectivity index (χ1v) is 8.21. The Morgan fingerprint density at radius 3 is 2.58 bits per heavy atom. The van der Waals surface area contributed by atoms with Crippen LogP contribution in [0.1, 0.15) is 31.2 Å². The molecule has 26 heavy (non-hydrogen) atoms. The van der Waals surface area contributed by atoms with Gasteiger partial charge in [-0.2, -0.15) is 5.26 Å². The molecule has 3 aromatic rings. The lowest BCUT2D eigenvalue weighted by molar-refractivity contribution is -0.121. The van der Waals surface area contributed by atoms with Crippen LogP contribution in [0.4, 0.5) is 0 Å². The van der Waals surface area contributed by atoms with Gasteiger partial charge in [0, 0.05) is 0 Å². The number of rotatable bonds is 6. The first-order valence-electron chi connectivity index (χ1n) is 8.21. The lowest BCUT2D eigenvalue weighted by Crippen LogP contribution is -2.29. The van der Waals surface area contributed by atoms with Gasteiger partial charge < -0.3 is 14.5 Å². The minimum atomic E-state index is -1.14. The van der Waals surface area contributed by atoms with Crippen LogP contribution < -0.4 is 10.1 Å². The Labute approximate surface area is 150 Å². The number of aromatic nitrogens is 2. The molecule has 1 amide bonds. The minimum Gasteiger partial charge on any atom is -0.474 e. The smallest absolute Gasteiger partial charge is 0.244 e. The van der Waals surface area contributed by atoms with E-state index in [4.69, 9.17) is 9.15 Å². The lowest BCUT2D eigenvalue weighted by atomic mass is 10.1. The number of nitrogens with one attached hydrogen (secondary N) is 1. The number of carbonyl (C=O) groups excluding carboxylic acids is 1. The Hall–Kier alpha value is -3.40. The SMILES string of the molecule is CC(C)Oc1nc2ccccc2nc1C(C#N)C(=O)NCc1ccco1. The first-order chi connectivity index (χ1) is 12.6. The number of para-hydroxylation sites is 2. The van der Waals surface area contributed by atoms with Crippen LogP contribution in [-0.2, 0) is 11.3 Å². The van der Waals surface area contributed by atoms with E-state index >= 15 is 0 Å². The van der Waals surface area contributed by atoms with E-state index in [2.05, 4.69) is 15.3 Å². The Bertz CT molecular complexity index is 945. The van der Waals surface area contributed by atoms with Gasteiger partial charge in [0.1, 0.15) is 11.5 Å². The Morgan fingerprint density at radius 2 is 1.96 bits per heavy atom. The van der Waals surface area contributed by atoms with E-state index in [0.29, 0.717) is 16.8 Å². The topological polar surface area (TPSA) is 101 Å². The van der Waals surface area contributed by atoms with Crippen molar-refractivity contribution in [3.8, 4) is 11.9 Å². The molecule has 2 heterocycles. The van der Waals surface area contributed by atoms with Crippen molar-refractivity contribution in [3.05, 3.63) is 54.1 Å². The molecule has 1 aromatic carbocycles. The van der Waals surface area contributed by atoms with Crippen LogP contribution in [0.5, 0.6) is 5.88 Å². The van der Waals surface area contributed by atoms with Crippen molar-refractivity contribution in [2.24, 2.45) is 0 Å². The zero-order valence-corrected chi connectivity index (χ0v) is 14.5. The fourth-order valence-electron chi connectivity index (χ4n) is 2.43. The molecule has 1 unspecified atom stereocenters. The summed E-state index contributed by atoms with van der Waals surface area (Å²) in [5.41, 5.74) is 1.44. The molecule has 0 saturated heterocycles. The predicted molar refractivity (Wildman–Crippen MR) is 94.2 cm³/mol. The Morgan fingerprint density at radius 1 is 1.23 bits per heavy atom. The molecule has 0 radical (unpaired) electrons. The third-order valence-electron chi connectivity index (χ3n) is 3.59. The summed E-state index contributed by atoms with van der Waals surface area (Å²) in [6, 6.07) is 12.7. The number of nitriles is 1. The fourth-order valence-corrected chi connectivity index (χ4v) is 2.43. The molecule has 0 saturated carbocycles. The second-order valence-electron chi connectivity index (χ2n) is 5.93. The van der Waals surface area contributed by atoms with Crippen molar-refractivity contribution in [1.82, 2.24) is 15.3 Å². The highest BCUT2D eigenvalue weighted by Gasteiger charge is 2.27. The molecule has 0 aliphatic rings. The van der Waals surface area contributed by atoms with E-state index in [1.807, 2.05) is 32.0 Å². The molecule has 3 rings (SSSR count). The molecule has 7 heteroatoms. The summed E-state index contributed by atoms with van der Waals surface area (Å²) in [7, 11) is 0. The first kappa shape index (κ1) is 17.4. The molecular formula is C19H18N4O3. The average molecular weight is 350 g/mol. The number of hydrogen-bond donors (Lipinski definition) is 1. The van der Waals surface area contributed by atoms with Crippen LogP contribution in [0.2, 0.25) is 0 Å². The van der Waals surface area contributed by atoms with E-state index in [1.165, 1.54) is 6.26 Å². The monoisotopic (exact) mass is 350 g/mol. The van der Waals surface area contributed by atoms with Crippen LogP contribution in [-0.4, -0.2) is 22.0 Å². The van der Waals surface area contributed by atoms with Crippen LogP contribution in [0, 0.1) is 11.3 Å². The molecule has 0 bridgehead atoms. The zero-order valence-electron chi connectivity index (χ0n) is 14.5. The molecule has 1 N–H and O–H groups in total. The molecular weight excluding hydrogens is 332 g/mol. The highest BCUT2D eigenvalue weighted by Crippen LogP contribution is 2.27. The van der Waals surface area contributed by atoms with E-state index in [0.717, 1.165) is 0 Å². The van der Waals surface area contributed by atoms with Crippen molar-refractivity contribution < 1.29 is 13.9 Å². The van der Waals surface area contributed by atoms with Crippen LogP contribution in [0.3, 0.4) is 0 Å². The van der Waals surface area contributed by atoms with E-state index in [9.17, 15) is 10.1 Å². The number of benzene rings is 1. The molecule has 132 valence electrons. The fraction of sp³-hybridized carbons (Fsp3) is 0.263. The third-order valence-corrected chi connectivity index (χ3v) is 3.59. The summed E-state index contributed by atoms with van der Waals surface area (Å²) in [6.45, 7) is 3.88. The highest BCUT2D eigenvalue weighted by molar-refractivity contribution is 5.87. The standard InChI is InChI=1S/C19H18N4O3/c1-12(2)26-19-17(22-15-7-3-4-8-16(15)23-19)14(10-20)18(24)21-11-13-6-5-9-25-13/h3-9,12,14H,11H2,1-2H3,(H,21,24). The molecule has 0 aliphatic heterocycles. The Balaban J connectivity index is 1.93. The molecule has 7 nitrogen and oxygen atoms in total. The number of carbonyl (C=O) groups is 1. The summed E-state index contributed by atoms with van der Waals surface area (Å²) in [4.78, 5) is 21.5. The number of amides is 1. The van der Waals surface area contributed by atoms with Gasteiger partial charge in [-0.15, -0.1) is 0 Å². The normalized spacial score (nSPS) is 11.9. The van der Waals surface area contributed by atoms with Gasteiger partial charge in [-0.1, -0.05) is 12.1 Å². The van der Waals surface area contributed by atoms with Gasteiger partial charge in [-0.25, -0.2) is 9.97 Å². The van der Waals surface area contributed by atoms with Gasteiger partial charge >= 0.3 is 0 Å². The maximum absolute atomic E-state index is 12.5. The van der Waals surface area contributed by atoms with Crippen LogP contribution >= 0.6 is 0 Å². The summed E-state index contributed by atoms with van der Waals surface area (Å²) in [5.74, 6) is -0.838. The second-order valence-corrected chi connectivity index (χ2v) is 5.93. The lowest BCUT2D eigenvalue weighted by Gasteiger charge is -2.16. The van der Waals surface area contributed by atoms with Gasteiger partial charge in [0.15, 0.2) is 5.92 Å². The van der Waals surface area contributed by atoms with Gasteiger partial charge in [0.2, 0.25) is 11.8 Å². The average Bonchev–Trinajstić information content (AvgIpc) is 3.14. The second kappa shape index (κ2) is 7.66. The van der Waals surface area contributed by atoms with Crippen LogP contribution in [0.25, 0.3) is 11.0 Å². The van der Waals surface area contributed by atoms with Crippen molar-refractivity contribution in [3.63, 3.8) is 0 Å². The van der Waals surface area contributed by atoms with E-state index < -0.39 is 11.8 Å². The minimum absolute atomic E-state index is 0.172. The van der Waals surface area contributed by atoms with Crippen molar-refractivity contribution in [2.45, 2.75) is 32.4 Å². The molecule has 0 aliphatic carbocycles. The largest absolute Gasteiger partial charge is 0.474 e. The summed E-state index contributed by atoms with van der Waals surface area (Å²) >= 11 is 0. The Kier molecular flexibility index (Phi) is 5.13. The van der Waals surface area contributed by atoms with Crippen molar-refractivity contribution in [2.75, 3.05) is 0 Å². The van der Waals surface area contributed by atoms with Gasteiger partial charge in [-0.05, 0) is 38.1 Å². The summed E-state index contributed by atoms with van der Waals surface area (Å²) in [5, 5.41) is 12.3. The molecule has 2 aromatic heterocycles. The number of fused-ring (bicyclic) bond motifs is 1. The summed E-state index contributed by atoms with van der Waals surface area (Å²) in [6.07, 6.45) is 1.35. The predicted octanol–water partition coefficient (Wildman–Crippen LogP) is 2.93. The van der Waals surface area contributed by atoms with Crippen molar-refractivity contribution >= 4 is 16.9 Å². The van der Waals surface area contributed by atoms with Gasteiger partial charge in [0.25, 0.3) is 0 Å². The number of furan rings is 1. The third kappa shape index (κ3) is 3.81. The number of ether oxygens (including phenoxy) is 1. The van der Waals surface area contributed by atoms with E-state index in [-0.39, 0.29) is 24.2 Å². The van der Waals surface area contributed by atoms with Crippen molar-refractivity contribution in [1.29, 1.82) is 5.26 Å². The van der Waals surface area contributed by atoms with Gasteiger partial charge in [0.05, 0.1) is 36.0 Å². The summed E-state index contributed by atoms with van der Waals surface area (Å²) < 4.78 is 10.9. The maximum Gasteiger partial charge on any atom is 0.244 e. The van der Waals surface area contributed by atoms with E-state index in [1.54, 1.807) is 24.3 Å². The molecule has 0 spiro atoms. The quantitative estimate of drug-likeness (QED) is 0.733. The highest BCUT2D eigenvalue weighted by atomic mass is 16.5. The van der Waals surface area contributed by atoms with Gasteiger partial charge in [-0.3, -0.25) is 4.79 Å².